The highest BCUT2D eigenvalue weighted by molar-refractivity contribution is 5.87. The third-order valence-electron chi connectivity index (χ3n) is 5.79. The number of aliphatic hydroxyl groups is 4. The van der Waals surface area contributed by atoms with Crippen LogP contribution in [-0.4, -0.2) is 76.6 Å². The Bertz CT molecular complexity index is 970. The van der Waals surface area contributed by atoms with E-state index in [1.807, 2.05) is 30.3 Å². The van der Waals surface area contributed by atoms with Gasteiger partial charge in [-0.2, -0.15) is 0 Å². The molecule has 0 unspecified atom stereocenters. The molecule has 8 nitrogen and oxygen atoms in total. The van der Waals surface area contributed by atoms with E-state index >= 15 is 0 Å². The molecule has 2 aliphatic rings. The van der Waals surface area contributed by atoms with Crippen molar-refractivity contribution in [3.8, 4) is 22.6 Å². The van der Waals surface area contributed by atoms with Crippen molar-refractivity contribution in [3.63, 3.8) is 0 Å². The number of allylic oxidation sites excluding steroid dienone is 1. The summed E-state index contributed by atoms with van der Waals surface area (Å²) in [6, 6.07) is 11.3. The highest BCUT2D eigenvalue weighted by Crippen LogP contribution is 2.41. The monoisotopic (exact) mass is 430 g/mol. The maximum atomic E-state index is 10.3. The predicted molar refractivity (Wildman–Crippen MR) is 111 cm³/mol. The summed E-state index contributed by atoms with van der Waals surface area (Å²) in [5.74, 6) is 0.337. The first-order valence-corrected chi connectivity index (χ1v) is 10.1. The van der Waals surface area contributed by atoms with Gasteiger partial charge >= 0.3 is 0 Å². The molecule has 5 atom stereocenters. The molecule has 2 aromatic rings. The number of hydrogen-bond donors (Lipinski definition) is 5. The van der Waals surface area contributed by atoms with Gasteiger partial charge in [-0.3, -0.25) is 0 Å². The summed E-state index contributed by atoms with van der Waals surface area (Å²) in [6.07, 6.45) is -4.08. The van der Waals surface area contributed by atoms with Crippen LogP contribution in [0.15, 0.2) is 42.5 Å². The van der Waals surface area contributed by atoms with Crippen LogP contribution in [0.25, 0.3) is 16.7 Å². The summed E-state index contributed by atoms with van der Waals surface area (Å²) in [4.78, 5) is 0. The number of methoxy groups -OCH3 is 1. The summed E-state index contributed by atoms with van der Waals surface area (Å²) in [5.41, 5.74) is 4.45. The van der Waals surface area contributed by atoms with Crippen molar-refractivity contribution >= 4 is 5.57 Å². The van der Waals surface area contributed by atoms with Gasteiger partial charge in [0.05, 0.1) is 20.3 Å². The largest absolute Gasteiger partial charge is 0.504 e. The van der Waals surface area contributed by atoms with Crippen LogP contribution in [0.1, 0.15) is 11.1 Å². The lowest BCUT2D eigenvalue weighted by Crippen LogP contribution is -2.59. The SMILES string of the molecule is COc1cc2c(cc1O)-c1ccccc1CC=C2CO[C@@H]1O[C@H](CO)[C@@H](O)[C@H](O)[C@H]1O. The molecule has 5 N–H and O–H groups in total. The van der Waals surface area contributed by atoms with E-state index < -0.39 is 37.3 Å². The van der Waals surface area contributed by atoms with E-state index in [1.165, 1.54) is 7.11 Å². The summed E-state index contributed by atoms with van der Waals surface area (Å²) in [5, 5.41) is 49.9. The molecule has 8 heteroatoms. The second kappa shape index (κ2) is 8.96. The minimum atomic E-state index is -1.51. The number of phenolic OH excluding ortho intramolecular Hbond substituents is 1. The number of benzene rings is 2. The van der Waals surface area contributed by atoms with Gasteiger partial charge in [0.2, 0.25) is 0 Å². The van der Waals surface area contributed by atoms with E-state index in [4.69, 9.17) is 14.2 Å². The predicted octanol–water partition coefficient (Wildman–Crippen LogP) is 0.824. The van der Waals surface area contributed by atoms with Crippen LogP contribution < -0.4 is 4.74 Å². The molecule has 31 heavy (non-hydrogen) atoms. The number of ether oxygens (including phenoxy) is 3. The molecule has 0 spiro atoms. The van der Waals surface area contributed by atoms with Crippen LogP contribution in [0.4, 0.5) is 0 Å². The van der Waals surface area contributed by atoms with E-state index in [-0.39, 0.29) is 12.4 Å². The smallest absolute Gasteiger partial charge is 0.187 e. The lowest BCUT2D eigenvalue weighted by atomic mass is 9.94. The molecule has 4 rings (SSSR count). The molecule has 1 saturated heterocycles. The topological polar surface area (TPSA) is 129 Å². The fourth-order valence-electron chi connectivity index (χ4n) is 4.04. The Hall–Kier alpha value is -2.46. The van der Waals surface area contributed by atoms with Gasteiger partial charge in [-0.15, -0.1) is 0 Å². The molecule has 1 aliphatic carbocycles. The van der Waals surface area contributed by atoms with Gasteiger partial charge in [0.1, 0.15) is 24.4 Å². The maximum absolute atomic E-state index is 10.3. The summed E-state index contributed by atoms with van der Waals surface area (Å²) < 4.78 is 16.5. The molecule has 166 valence electrons. The molecular formula is C23H26O8. The van der Waals surface area contributed by atoms with Gasteiger partial charge in [0, 0.05) is 0 Å². The van der Waals surface area contributed by atoms with Crippen LogP contribution in [-0.2, 0) is 15.9 Å². The van der Waals surface area contributed by atoms with Crippen LogP contribution in [0.5, 0.6) is 11.5 Å². The molecule has 0 amide bonds. The van der Waals surface area contributed by atoms with Crippen LogP contribution in [0.3, 0.4) is 0 Å². The van der Waals surface area contributed by atoms with Gasteiger partial charge in [0.25, 0.3) is 0 Å². The van der Waals surface area contributed by atoms with Gasteiger partial charge in [0.15, 0.2) is 17.8 Å². The van der Waals surface area contributed by atoms with E-state index in [1.54, 1.807) is 12.1 Å². The Morgan fingerprint density at radius 3 is 2.52 bits per heavy atom. The maximum Gasteiger partial charge on any atom is 0.187 e. The average Bonchev–Trinajstić information content (AvgIpc) is 2.93. The number of fused-ring (bicyclic) bond motifs is 3. The van der Waals surface area contributed by atoms with Crippen molar-refractivity contribution in [1.82, 2.24) is 0 Å². The standard InChI is InChI=1S/C23H26O8/c1-29-18-9-15-13(11-30-23-22(28)21(27)20(26)19(10-24)31-23)7-6-12-4-2-3-5-14(12)16(15)8-17(18)25/h2-5,7-9,19-28H,6,10-11H2,1H3/t19-,20-,21+,22-,23-/m1/s1. The van der Waals surface area contributed by atoms with Crippen molar-refractivity contribution in [2.24, 2.45) is 0 Å². The molecule has 0 radical (unpaired) electrons. The third kappa shape index (κ3) is 4.06. The second-order valence-corrected chi connectivity index (χ2v) is 7.67. The molecular weight excluding hydrogens is 404 g/mol. The van der Waals surface area contributed by atoms with Gasteiger partial charge in [-0.1, -0.05) is 30.3 Å². The Labute approximate surface area is 179 Å². The quantitative estimate of drug-likeness (QED) is 0.472. The lowest BCUT2D eigenvalue weighted by molar-refractivity contribution is -0.297. The number of aromatic hydroxyl groups is 1. The van der Waals surface area contributed by atoms with Gasteiger partial charge in [-0.25, -0.2) is 0 Å². The van der Waals surface area contributed by atoms with Gasteiger partial charge in [-0.05, 0) is 46.4 Å². The summed E-state index contributed by atoms with van der Waals surface area (Å²) in [6.45, 7) is -0.500. The minimum absolute atomic E-state index is 0.0205. The number of hydrogen-bond acceptors (Lipinski definition) is 8. The number of aliphatic hydroxyl groups excluding tert-OH is 4. The normalized spacial score (nSPS) is 27.6. The third-order valence-corrected chi connectivity index (χ3v) is 5.79. The van der Waals surface area contributed by atoms with Crippen LogP contribution in [0.2, 0.25) is 0 Å². The first kappa shape index (κ1) is 21.8. The molecule has 1 aliphatic heterocycles. The first-order valence-electron chi connectivity index (χ1n) is 10.1. The van der Waals surface area contributed by atoms with E-state index in [0.717, 1.165) is 27.8 Å². The Kier molecular flexibility index (Phi) is 6.29. The van der Waals surface area contributed by atoms with E-state index in [9.17, 15) is 25.5 Å². The van der Waals surface area contributed by atoms with Crippen LogP contribution in [0, 0.1) is 0 Å². The van der Waals surface area contributed by atoms with Crippen molar-refractivity contribution in [2.75, 3.05) is 20.3 Å². The van der Waals surface area contributed by atoms with Crippen molar-refractivity contribution in [3.05, 3.63) is 53.6 Å². The summed E-state index contributed by atoms with van der Waals surface area (Å²) in [7, 11) is 1.47. The zero-order valence-electron chi connectivity index (χ0n) is 17.0. The zero-order valence-corrected chi connectivity index (χ0v) is 17.0. The molecule has 0 aromatic heterocycles. The highest BCUT2D eigenvalue weighted by atomic mass is 16.7. The zero-order chi connectivity index (χ0) is 22.1. The average molecular weight is 430 g/mol. The minimum Gasteiger partial charge on any atom is -0.504 e. The molecule has 1 fully saturated rings. The fourth-order valence-corrected chi connectivity index (χ4v) is 4.04. The number of rotatable bonds is 5. The first-order chi connectivity index (χ1) is 14.9. The Morgan fingerprint density at radius 2 is 1.77 bits per heavy atom. The Morgan fingerprint density at radius 1 is 1.00 bits per heavy atom. The van der Waals surface area contributed by atoms with Gasteiger partial charge < -0.3 is 39.7 Å². The molecule has 2 aromatic carbocycles. The van der Waals surface area contributed by atoms with Crippen molar-refractivity contribution in [1.29, 1.82) is 0 Å². The van der Waals surface area contributed by atoms with Crippen LogP contribution >= 0.6 is 0 Å². The Balaban J connectivity index is 1.64. The van der Waals surface area contributed by atoms with Crippen molar-refractivity contribution < 1.29 is 39.7 Å². The summed E-state index contributed by atoms with van der Waals surface area (Å²) >= 11 is 0. The molecule has 0 saturated carbocycles. The second-order valence-electron chi connectivity index (χ2n) is 7.67. The lowest BCUT2D eigenvalue weighted by Gasteiger charge is -2.39. The van der Waals surface area contributed by atoms with E-state index in [0.29, 0.717) is 12.2 Å². The van der Waals surface area contributed by atoms with E-state index in [2.05, 4.69) is 0 Å². The van der Waals surface area contributed by atoms with Crippen molar-refractivity contribution in [2.45, 2.75) is 37.1 Å². The highest BCUT2D eigenvalue weighted by Gasteiger charge is 2.44. The molecule has 0 bridgehead atoms. The molecule has 1 heterocycles. The number of phenols is 1. The fraction of sp³-hybridized carbons (Fsp3) is 0.391.